The number of amides is 2. The van der Waals surface area contributed by atoms with Crippen molar-refractivity contribution in [1.29, 1.82) is 0 Å². The largest absolute Gasteiger partial charge is 0.366 e. The Morgan fingerprint density at radius 3 is 2.22 bits per heavy atom. The second-order valence-corrected chi connectivity index (χ2v) is 3.56. The SMILES string of the molecule is NC(=O)c1cnc(-c2ccccn2)cc1C(N)=O. The Balaban J connectivity index is 2.57. The van der Waals surface area contributed by atoms with E-state index in [-0.39, 0.29) is 11.1 Å². The van der Waals surface area contributed by atoms with Gasteiger partial charge in [-0.05, 0) is 18.2 Å². The summed E-state index contributed by atoms with van der Waals surface area (Å²) in [7, 11) is 0. The van der Waals surface area contributed by atoms with Crippen LogP contribution in [0.2, 0.25) is 0 Å². The van der Waals surface area contributed by atoms with E-state index in [1.165, 1.54) is 12.3 Å². The summed E-state index contributed by atoms with van der Waals surface area (Å²) >= 11 is 0. The predicted molar refractivity (Wildman–Crippen MR) is 64.5 cm³/mol. The number of carbonyl (C=O) groups is 2. The summed E-state index contributed by atoms with van der Waals surface area (Å²) < 4.78 is 0. The van der Waals surface area contributed by atoms with Gasteiger partial charge in [-0.15, -0.1) is 0 Å². The molecule has 18 heavy (non-hydrogen) atoms. The monoisotopic (exact) mass is 242 g/mol. The van der Waals surface area contributed by atoms with Crippen molar-refractivity contribution in [3.63, 3.8) is 0 Å². The van der Waals surface area contributed by atoms with Gasteiger partial charge in [0.25, 0.3) is 5.91 Å². The number of hydrogen-bond acceptors (Lipinski definition) is 4. The zero-order valence-electron chi connectivity index (χ0n) is 9.33. The van der Waals surface area contributed by atoms with Crippen molar-refractivity contribution in [2.24, 2.45) is 11.5 Å². The molecular formula is C12H10N4O2. The minimum atomic E-state index is -0.746. The lowest BCUT2D eigenvalue weighted by Gasteiger charge is -2.05. The first-order chi connectivity index (χ1) is 8.59. The number of nitrogens with two attached hydrogens (primary N) is 2. The summed E-state index contributed by atoms with van der Waals surface area (Å²) in [6.45, 7) is 0. The number of aromatic nitrogens is 2. The van der Waals surface area contributed by atoms with Crippen LogP contribution in [-0.4, -0.2) is 21.8 Å². The molecule has 4 N–H and O–H groups in total. The van der Waals surface area contributed by atoms with Crippen LogP contribution in [-0.2, 0) is 0 Å². The first kappa shape index (κ1) is 11.7. The lowest BCUT2D eigenvalue weighted by molar-refractivity contribution is 0.0967. The highest BCUT2D eigenvalue weighted by molar-refractivity contribution is 6.06. The molecule has 0 aromatic carbocycles. The van der Waals surface area contributed by atoms with Crippen LogP contribution in [0.5, 0.6) is 0 Å². The summed E-state index contributed by atoms with van der Waals surface area (Å²) in [4.78, 5) is 30.5. The van der Waals surface area contributed by atoms with E-state index in [2.05, 4.69) is 9.97 Å². The highest BCUT2D eigenvalue weighted by Crippen LogP contribution is 2.17. The molecule has 0 aliphatic rings. The molecule has 90 valence electrons. The fourth-order valence-electron chi connectivity index (χ4n) is 1.51. The average molecular weight is 242 g/mol. The minimum absolute atomic E-state index is 0.00202. The average Bonchev–Trinajstić information content (AvgIpc) is 2.39. The Morgan fingerprint density at radius 2 is 1.67 bits per heavy atom. The van der Waals surface area contributed by atoms with E-state index in [1.807, 2.05) is 0 Å². The van der Waals surface area contributed by atoms with Crippen LogP contribution in [0.1, 0.15) is 20.7 Å². The number of primary amides is 2. The maximum atomic E-state index is 11.3. The zero-order chi connectivity index (χ0) is 13.1. The first-order valence-corrected chi connectivity index (χ1v) is 5.10. The molecule has 6 heteroatoms. The molecule has 6 nitrogen and oxygen atoms in total. The molecule has 0 aliphatic carbocycles. The molecule has 0 atom stereocenters. The Hall–Kier alpha value is -2.76. The van der Waals surface area contributed by atoms with Crippen molar-refractivity contribution >= 4 is 11.8 Å². The predicted octanol–water partition coefficient (Wildman–Crippen LogP) is 0.341. The lowest BCUT2D eigenvalue weighted by atomic mass is 10.1. The molecule has 2 heterocycles. The van der Waals surface area contributed by atoms with E-state index < -0.39 is 11.8 Å². The van der Waals surface area contributed by atoms with E-state index in [0.717, 1.165) is 0 Å². The Morgan fingerprint density at radius 1 is 0.944 bits per heavy atom. The lowest BCUT2D eigenvalue weighted by Crippen LogP contribution is -2.21. The van der Waals surface area contributed by atoms with Crippen LogP contribution in [0.25, 0.3) is 11.4 Å². The first-order valence-electron chi connectivity index (χ1n) is 5.10. The fraction of sp³-hybridized carbons (Fsp3) is 0. The smallest absolute Gasteiger partial charge is 0.251 e. The molecule has 0 saturated heterocycles. The van der Waals surface area contributed by atoms with E-state index in [0.29, 0.717) is 11.4 Å². The highest BCUT2D eigenvalue weighted by Gasteiger charge is 2.15. The number of hydrogen-bond donors (Lipinski definition) is 2. The molecule has 0 spiro atoms. The quantitative estimate of drug-likeness (QED) is 0.808. The molecule has 0 bridgehead atoms. The molecule has 2 rings (SSSR count). The molecular weight excluding hydrogens is 232 g/mol. The van der Waals surface area contributed by atoms with Crippen molar-refractivity contribution in [3.8, 4) is 11.4 Å². The highest BCUT2D eigenvalue weighted by atomic mass is 16.2. The van der Waals surface area contributed by atoms with Crippen molar-refractivity contribution in [2.75, 3.05) is 0 Å². The topological polar surface area (TPSA) is 112 Å². The van der Waals surface area contributed by atoms with Gasteiger partial charge < -0.3 is 11.5 Å². The number of nitrogens with zero attached hydrogens (tertiary/aromatic N) is 2. The normalized spacial score (nSPS) is 10.0. The Labute approximate surface area is 103 Å². The Kier molecular flexibility index (Phi) is 3.01. The molecule has 0 aliphatic heterocycles. The second kappa shape index (κ2) is 4.62. The maximum absolute atomic E-state index is 11.3. The summed E-state index contributed by atoms with van der Waals surface area (Å²) in [6, 6.07) is 6.69. The summed E-state index contributed by atoms with van der Waals surface area (Å²) in [5.41, 5.74) is 11.4. The molecule has 2 amide bonds. The third kappa shape index (κ3) is 2.17. The van der Waals surface area contributed by atoms with E-state index >= 15 is 0 Å². The number of rotatable bonds is 3. The third-order valence-electron chi connectivity index (χ3n) is 2.36. The van der Waals surface area contributed by atoms with Gasteiger partial charge in [0.1, 0.15) is 0 Å². The minimum Gasteiger partial charge on any atom is -0.366 e. The molecule has 0 unspecified atom stereocenters. The third-order valence-corrected chi connectivity index (χ3v) is 2.36. The van der Waals surface area contributed by atoms with Gasteiger partial charge in [0.05, 0.1) is 22.5 Å². The van der Waals surface area contributed by atoms with Crippen molar-refractivity contribution in [1.82, 2.24) is 9.97 Å². The van der Waals surface area contributed by atoms with Crippen LogP contribution < -0.4 is 11.5 Å². The van der Waals surface area contributed by atoms with Gasteiger partial charge in [0.2, 0.25) is 5.91 Å². The standard InChI is InChI=1S/C12H10N4O2/c13-11(17)7-5-10(9-3-1-2-4-15-9)16-6-8(7)12(14)18/h1-6H,(H2,13,17)(H2,14,18). The zero-order valence-corrected chi connectivity index (χ0v) is 9.33. The van der Waals surface area contributed by atoms with Gasteiger partial charge in [0.15, 0.2) is 0 Å². The van der Waals surface area contributed by atoms with Crippen LogP contribution in [0, 0.1) is 0 Å². The van der Waals surface area contributed by atoms with Crippen LogP contribution in [0.15, 0.2) is 36.7 Å². The molecule has 2 aromatic heterocycles. The van der Waals surface area contributed by atoms with Crippen molar-refractivity contribution in [3.05, 3.63) is 47.8 Å². The van der Waals surface area contributed by atoms with Gasteiger partial charge in [0, 0.05) is 12.4 Å². The van der Waals surface area contributed by atoms with E-state index in [4.69, 9.17) is 11.5 Å². The summed E-state index contributed by atoms with van der Waals surface area (Å²) in [5, 5.41) is 0. The summed E-state index contributed by atoms with van der Waals surface area (Å²) in [6.07, 6.45) is 2.83. The molecule has 0 saturated carbocycles. The fourth-order valence-corrected chi connectivity index (χ4v) is 1.51. The van der Waals surface area contributed by atoms with Crippen LogP contribution >= 0.6 is 0 Å². The van der Waals surface area contributed by atoms with Gasteiger partial charge in [-0.1, -0.05) is 6.07 Å². The molecule has 0 fully saturated rings. The van der Waals surface area contributed by atoms with E-state index in [9.17, 15) is 9.59 Å². The second-order valence-electron chi connectivity index (χ2n) is 3.56. The van der Waals surface area contributed by atoms with Crippen LogP contribution in [0.3, 0.4) is 0 Å². The maximum Gasteiger partial charge on any atom is 0.251 e. The van der Waals surface area contributed by atoms with Crippen LogP contribution in [0.4, 0.5) is 0 Å². The number of carbonyl (C=O) groups excluding carboxylic acids is 2. The molecule has 0 radical (unpaired) electrons. The number of pyridine rings is 2. The van der Waals surface area contributed by atoms with Crippen molar-refractivity contribution < 1.29 is 9.59 Å². The molecule has 2 aromatic rings. The van der Waals surface area contributed by atoms with E-state index in [1.54, 1.807) is 24.4 Å². The van der Waals surface area contributed by atoms with Crippen molar-refractivity contribution in [2.45, 2.75) is 0 Å². The van der Waals surface area contributed by atoms with Gasteiger partial charge in [-0.25, -0.2) is 0 Å². The Bertz CT molecular complexity index is 611. The summed E-state index contributed by atoms with van der Waals surface area (Å²) in [5.74, 6) is -1.48. The van der Waals surface area contributed by atoms with Gasteiger partial charge in [-0.2, -0.15) is 0 Å². The van der Waals surface area contributed by atoms with Gasteiger partial charge in [-0.3, -0.25) is 19.6 Å². The van der Waals surface area contributed by atoms with Gasteiger partial charge >= 0.3 is 0 Å².